The molecule has 0 bridgehead atoms. The molecule has 0 aliphatic heterocycles. The molecule has 0 saturated heterocycles. The molecule has 5 amide bonds. The SMILES string of the molecule is CC(C)C[C@H](N)C(=O)N[C@@H](Cc1ccc(O)cc1)C(=O)N[C@H](C(=O)N[C@@H](CCC(N)=O)C(=O)N[C@@H](CO)C(=O)O)[C@@H](C)O. The molecule has 16 heteroatoms. The van der Waals surface area contributed by atoms with Crippen LogP contribution in [0.25, 0.3) is 0 Å². The lowest BCUT2D eigenvalue weighted by Crippen LogP contribution is -2.61. The van der Waals surface area contributed by atoms with Gasteiger partial charge in [-0.15, -0.1) is 0 Å². The summed E-state index contributed by atoms with van der Waals surface area (Å²) in [6.45, 7) is 3.95. The number of aliphatic hydroxyl groups is 2. The van der Waals surface area contributed by atoms with Crippen molar-refractivity contribution in [1.29, 1.82) is 0 Å². The highest BCUT2D eigenvalue weighted by atomic mass is 16.4. The Morgan fingerprint density at radius 2 is 1.35 bits per heavy atom. The zero-order chi connectivity index (χ0) is 32.9. The Balaban J connectivity index is 3.20. The second-order valence-electron chi connectivity index (χ2n) is 10.5. The van der Waals surface area contributed by atoms with Crippen LogP contribution in [0.2, 0.25) is 0 Å². The molecule has 6 atom stereocenters. The third-order valence-corrected chi connectivity index (χ3v) is 6.24. The zero-order valence-electron chi connectivity index (χ0n) is 24.3. The van der Waals surface area contributed by atoms with E-state index in [0.29, 0.717) is 12.0 Å². The van der Waals surface area contributed by atoms with Crippen LogP contribution >= 0.6 is 0 Å². The minimum absolute atomic E-state index is 0.0258. The molecule has 16 nitrogen and oxygen atoms in total. The Hall–Kier alpha value is -4.28. The highest BCUT2D eigenvalue weighted by Crippen LogP contribution is 2.12. The maximum Gasteiger partial charge on any atom is 0.328 e. The van der Waals surface area contributed by atoms with Gasteiger partial charge in [-0.3, -0.25) is 24.0 Å². The Morgan fingerprint density at radius 1 is 0.814 bits per heavy atom. The summed E-state index contributed by atoms with van der Waals surface area (Å²) in [5.41, 5.74) is 11.6. The average molecular weight is 611 g/mol. The van der Waals surface area contributed by atoms with Gasteiger partial charge in [0.2, 0.25) is 29.5 Å². The van der Waals surface area contributed by atoms with Gasteiger partial charge < -0.3 is 53.2 Å². The Kier molecular flexibility index (Phi) is 15.1. The van der Waals surface area contributed by atoms with Gasteiger partial charge in [-0.25, -0.2) is 4.79 Å². The van der Waals surface area contributed by atoms with Gasteiger partial charge in [-0.2, -0.15) is 0 Å². The number of carboxylic acid groups (broad SMARTS) is 1. The van der Waals surface area contributed by atoms with E-state index in [1.165, 1.54) is 31.2 Å². The second-order valence-corrected chi connectivity index (χ2v) is 10.5. The van der Waals surface area contributed by atoms with E-state index < -0.39 is 84.8 Å². The van der Waals surface area contributed by atoms with Crippen LogP contribution in [0.4, 0.5) is 0 Å². The lowest BCUT2D eigenvalue weighted by atomic mass is 10.0. The molecule has 240 valence electrons. The third-order valence-electron chi connectivity index (χ3n) is 6.24. The molecule has 1 aromatic rings. The first kappa shape index (κ1) is 36.7. The number of phenols is 1. The summed E-state index contributed by atoms with van der Waals surface area (Å²) in [7, 11) is 0. The number of aliphatic carboxylic acids is 1. The number of carbonyl (C=O) groups is 6. The molecule has 0 aromatic heterocycles. The van der Waals surface area contributed by atoms with Gasteiger partial charge in [0.1, 0.15) is 29.9 Å². The fraction of sp³-hybridized carbons (Fsp3) is 0.556. The first-order chi connectivity index (χ1) is 20.0. The van der Waals surface area contributed by atoms with E-state index in [1.807, 2.05) is 19.2 Å². The minimum Gasteiger partial charge on any atom is -0.508 e. The normalized spacial score (nSPS) is 15.2. The number of hydrogen-bond donors (Lipinski definition) is 10. The number of nitrogens with two attached hydrogens (primary N) is 2. The molecular weight excluding hydrogens is 568 g/mol. The van der Waals surface area contributed by atoms with Crippen molar-refractivity contribution in [3.05, 3.63) is 29.8 Å². The summed E-state index contributed by atoms with van der Waals surface area (Å²) in [6.07, 6.45) is -2.04. The average Bonchev–Trinajstić information content (AvgIpc) is 2.91. The van der Waals surface area contributed by atoms with Crippen LogP contribution < -0.4 is 32.7 Å². The first-order valence-electron chi connectivity index (χ1n) is 13.6. The van der Waals surface area contributed by atoms with Crippen molar-refractivity contribution >= 4 is 35.5 Å². The van der Waals surface area contributed by atoms with Crippen molar-refractivity contribution in [3.8, 4) is 5.75 Å². The lowest BCUT2D eigenvalue weighted by molar-refractivity contribution is -0.143. The second kappa shape index (κ2) is 17.6. The molecule has 12 N–H and O–H groups in total. The highest BCUT2D eigenvalue weighted by molar-refractivity contribution is 5.96. The number of primary amides is 1. The number of rotatable bonds is 18. The van der Waals surface area contributed by atoms with Crippen LogP contribution in [0.15, 0.2) is 24.3 Å². The van der Waals surface area contributed by atoms with E-state index >= 15 is 0 Å². The van der Waals surface area contributed by atoms with Gasteiger partial charge in [0.05, 0.1) is 18.8 Å². The molecule has 1 rings (SSSR count). The van der Waals surface area contributed by atoms with Crippen LogP contribution in [0.3, 0.4) is 0 Å². The predicted molar refractivity (Wildman–Crippen MR) is 152 cm³/mol. The number of carboxylic acids is 1. The molecule has 0 radical (unpaired) electrons. The molecule has 0 aliphatic rings. The van der Waals surface area contributed by atoms with Crippen LogP contribution in [0, 0.1) is 5.92 Å². The molecule has 0 spiro atoms. The van der Waals surface area contributed by atoms with Crippen LogP contribution in [-0.4, -0.2) is 98.9 Å². The fourth-order valence-corrected chi connectivity index (χ4v) is 3.90. The van der Waals surface area contributed by atoms with Crippen LogP contribution in [-0.2, 0) is 35.2 Å². The summed E-state index contributed by atoms with van der Waals surface area (Å²) in [5.74, 6) is -5.99. The summed E-state index contributed by atoms with van der Waals surface area (Å²) < 4.78 is 0. The number of amides is 5. The van der Waals surface area contributed by atoms with Gasteiger partial charge in [0, 0.05) is 12.8 Å². The number of nitrogens with one attached hydrogen (secondary N) is 4. The molecule has 0 aliphatic carbocycles. The van der Waals surface area contributed by atoms with E-state index in [9.17, 15) is 44.1 Å². The van der Waals surface area contributed by atoms with Gasteiger partial charge in [-0.05, 0) is 43.4 Å². The standard InChI is InChI=1S/C27H42N6O10/c1-13(2)10-17(28)23(38)31-19(11-15-4-6-16(36)7-5-15)25(40)33-22(14(3)35)26(41)30-18(8-9-21(29)37)24(39)32-20(12-34)27(42)43/h4-7,13-14,17-20,22,34-36H,8-12,28H2,1-3H3,(H2,29,37)(H,30,41)(H,31,38)(H,32,39)(H,33,40)(H,42,43)/t14-,17+,18+,19+,20+,22+/m1/s1. The third kappa shape index (κ3) is 13.1. The Bertz CT molecular complexity index is 1130. The van der Waals surface area contributed by atoms with Crippen molar-refractivity contribution in [2.75, 3.05) is 6.61 Å². The van der Waals surface area contributed by atoms with Crippen LogP contribution in [0.5, 0.6) is 5.75 Å². The summed E-state index contributed by atoms with van der Waals surface area (Å²) in [6, 6.07) is -1.33. The maximum atomic E-state index is 13.4. The first-order valence-corrected chi connectivity index (χ1v) is 13.6. The van der Waals surface area contributed by atoms with E-state index in [2.05, 4.69) is 16.0 Å². The number of aromatic hydroxyl groups is 1. The number of aliphatic hydroxyl groups excluding tert-OH is 2. The maximum absolute atomic E-state index is 13.4. The highest BCUT2D eigenvalue weighted by Gasteiger charge is 2.34. The number of carbonyl (C=O) groups excluding carboxylic acids is 5. The quantitative estimate of drug-likeness (QED) is 0.0797. The number of phenolic OH excluding ortho intramolecular Hbond substituents is 1. The summed E-state index contributed by atoms with van der Waals surface area (Å²) in [5, 5.41) is 47.4. The van der Waals surface area contributed by atoms with Gasteiger partial charge in [0.15, 0.2) is 0 Å². The van der Waals surface area contributed by atoms with E-state index in [-0.39, 0.29) is 24.5 Å². The van der Waals surface area contributed by atoms with Crippen molar-refractivity contribution in [3.63, 3.8) is 0 Å². The Labute approximate surface area is 248 Å². The summed E-state index contributed by atoms with van der Waals surface area (Å²) in [4.78, 5) is 74.5. The van der Waals surface area contributed by atoms with Crippen molar-refractivity contribution in [2.24, 2.45) is 17.4 Å². The molecule has 0 heterocycles. The molecule has 0 saturated carbocycles. The van der Waals surface area contributed by atoms with Crippen molar-refractivity contribution in [2.45, 2.75) is 82.8 Å². The molecule has 43 heavy (non-hydrogen) atoms. The van der Waals surface area contributed by atoms with E-state index in [0.717, 1.165) is 0 Å². The fourth-order valence-electron chi connectivity index (χ4n) is 3.90. The van der Waals surface area contributed by atoms with E-state index in [1.54, 1.807) is 0 Å². The van der Waals surface area contributed by atoms with Crippen LogP contribution in [0.1, 0.15) is 45.6 Å². The molecular formula is C27H42N6O10. The zero-order valence-corrected chi connectivity index (χ0v) is 24.3. The topological polar surface area (TPSA) is 284 Å². The lowest BCUT2D eigenvalue weighted by Gasteiger charge is -2.27. The van der Waals surface area contributed by atoms with Gasteiger partial charge >= 0.3 is 5.97 Å². The number of hydrogen-bond acceptors (Lipinski definition) is 10. The van der Waals surface area contributed by atoms with Crippen molar-refractivity contribution in [1.82, 2.24) is 21.3 Å². The predicted octanol–water partition coefficient (Wildman–Crippen LogP) is -3.03. The van der Waals surface area contributed by atoms with Gasteiger partial charge in [-0.1, -0.05) is 26.0 Å². The minimum atomic E-state index is -1.71. The van der Waals surface area contributed by atoms with Gasteiger partial charge in [0.25, 0.3) is 0 Å². The molecule has 0 fully saturated rings. The van der Waals surface area contributed by atoms with Crippen molar-refractivity contribution < 1.29 is 49.2 Å². The molecule has 0 unspecified atom stereocenters. The smallest absolute Gasteiger partial charge is 0.328 e. The monoisotopic (exact) mass is 610 g/mol. The summed E-state index contributed by atoms with van der Waals surface area (Å²) >= 11 is 0. The molecule has 1 aromatic carbocycles. The number of benzene rings is 1. The van der Waals surface area contributed by atoms with E-state index in [4.69, 9.17) is 16.6 Å². The Morgan fingerprint density at radius 3 is 1.84 bits per heavy atom. The largest absolute Gasteiger partial charge is 0.508 e.